The lowest BCUT2D eigenvalue weighted by atomic mass is 10.2. The van der Waals surface area contributed by atoms with Crippen LogP contribution in [0.2, 0.25) is 0 Å². The SMILES string of the molecule is CCOc1ccc(C(=O)Oc2ccc(Br)cc2/C=N/NC(=O)COc2ccc([N+](=O)[O-])cc2)cc1. The Labute approximate surface area is 208 Å². The number of nitrogens with one attached hydrogen (secondary N) is 1. The van der Waals surface area contributed by atoms with Crippen LogP contribution >= 0.6 is 15.9 Å². The summed E-state index contributed by atoms with van der Waals surface area (Å²) < 4.78 is 16.9. The van der Waals surface area contributed by atoms with Gasteiger partial charge in [0.1, 0.15) is 17.2 Å². The molecule has 11 heteroatoms. The van der Waals surface area contributed by atoms with Crippen molar-refractivity contribution in [3.8, 4) is 17.2 Å². The van der Waals surface area contributed by atoms with Gasteiger partial charge in [0.05, 0.1) is 23.3 Å². The summed E-state index contributed by atoms with van der Waals surface area (Å²) >= 11 is 3.35. The van der Waals surface area contributed by atoms with E-state index in [1.165, 1.54) is 30.5 Å². The number of halogens is 1. The fourth-order valence-corrected chi connectivity index (χ4v) is 3.12. The molecule has 0 saturated heterocycles. The van der Waals surface area contributed by atoms with Crippen molar-refractivity contribution in [2.24, 2.45) is 5.10 Å². The minimum absolute atomic E-state index is 0.0838. The molecule has 0 heterocycles. The van der Waals surface area contributed by atoms with Crippen LogP contribution in [0, 0.1) is 10.1 Å². The first-order chi connectivity index (χ1) is 16.9. The number of hydrazone groups is 1. The maximum atomic E-state index is 12.5. The molecule has 0 radical (unpaired) electrons. The Morgan fingerprint density at radius 2 is 1.69 bits per heavy atom. The Hall–Kier alpha value is -4.25. The van der Waals surface area contributed by atoms with Crippen LogP contribution in [0.3, 0.4) is 0 Å². The van der Waals surface area contributed by atoms with Gasteiger partial charge in [-0.15, -0.1) is 0 Å². The normalized spacial score (nSPS) is 10.6. The topological polar surface area (TPSA) is 129 Å². The summed E-state index contributed by atoms with van der Waals surface area (Å²) in [5, 5.41) is 14.6. The minimum atomic E-state index is -0.564. The number of carbonyl (C=O) groups excluding carboxylic acids is 2. The number of ether oxygens (including phenoxy) is 3. The lowest BCUT2D eigenvalue weighted by Gasteiger charge is -2.09. The number of rotatable bonds is 10. The van der Waals surface area contributed by atoms with E-state index in [1.54, 1.807) is 42.5 Å². The van der Waals surface area contributed by atoms with Crippen LogP contribution in [0.25, 0.3) is 0 Å². The zero-order valence-electron chi connectivity index (χ0n) is 18.5. The molecule has 3 aromatic rings. The molecule has 0 spiro atoms. The van der Waals surface area contributed by atoms with E-state index in [0.29, 0.717) is 33.7 Å². The van der Waals surface area contributed by atoms with Crippen molar-refractivity contribution in [3.05, 3.63) is 92.4 Å². The van der Waals surface area contributed by atoms with Gasteiger partial charge in [0, 0.05) is 22.2 Å². The van der Waals surface area contributed by atoms with Gasteiger partial charge < -0.3 is 14.2 Å². The fourth-order valence-electron chi connectivity index (χ4n) is 2.74. The first-order valence-electron chi connectivity index (χ1n) is 10.3. The van der Waals surface area contributed by atoms with E-state index in [-0.39, 0.29) is 18.0 Å². The Morgan fingerprint density at radius 3 is 2.34 bits per heavy atom. The molecule has 0 atom stereocenters. The second-order valence-electron chi connectivity index (χ2n) is 6.86. The van der Waals surface area contributed by atoms with Crippen LogP contribution < -0.4 is 19.6 Å². The molecular formula is C24H20BrN3O7. The van der Waals surface area contributed by atoms with Gasteiger partial charge in [-0.3, -0.25) is 14.9 Å². The van der Waals surface area contributed by atoms with E-state index in [1.807, 2.05) is 6.92 Å². The number of esters is 1. The molecule has 0 aliphatic heterocycles. The molecule has 1 N–H and O–H groups in total. The molecule has 35 heavy (non-hydrogen) atoms. The monoisotopic (exact) mass is 541 g/mol. The summed E-state index contributed by atoms with van der Waals surface area (Å²) in [6.45, 7) is 2.03. The van der Waals surface area contributed by atoms with Gasteiger partial charge in [-0.2, -0.15) is 5.10 Å². The molecule has 3 rings (SSSR count). The molecule has 180 valence electrons. The Morgan fingerprint density at radius 1 is 1.03 bits per heavy atom. The molecule has 3 aromatic carbocycles. The number of nitrogens with zero attached hydrogens (tertiary/aromatic N) is 2. The molecule has 0 aliphatic carbocycles. The molecule has 10 nitrogen and oxygen atoms in total. The molecule has 0 saturated carbocycles. The van der Waals surface area contributed by atoms with E-state index < -0.39 is 16.8 Å². The van der Waals surface area contributed by atoms with E-state index >= 15 is 0 Å². The van der Waals surface area contributed by atoms with E-state index in [0.717, 1.165) is 0 Å². The molecule has 0 fully saturated rings. The molecule has 0 unspecified atom stereocenters. The third-order valence-electron chi connectivity index (χ3n) is 4.39. The quantitative estimate of drug-likeness (QED) is 0.131. The summed E-state index contributed by atoms with van der Waals surface area (Å²) in [4.78, 5) is 34.7. The maximum Gasteiger partial charge on any atom is 0.343 e. The van der Waals surface area contributed by atoms with Gasteiger partial charge in [-0.05, 0) is 61.5 Å². The highest BCUT2D eigenvalue weighted by Gasteiger charge is 2.12. The number of hydrogen-bond donors (Lipinski definition) is 1. The second kappa shape index (κ2) is 12.3. The zero-order valence-corrected chi connectivity index (χ0v) is 20.1. The number of benzene rings is 3. The fraction of sp³-hybridized carbons (Fsp3) is 0.125. The third-order valence-corrected chi connectivity index (χ3v) is 4.88. The van der Waals surface area contributed by atoms with E-state index in [2.05, 4.69) is 26.5 Å². The first-order valence-corrected chi connectivity index (χ1v) is 11.1. The van der Waals surface area contributed by atoms with Crippen LogP contribution in [0.1, 0.15) is 22.8 Å². The van der Waals surface area contributed by atoms with Gasteiger partial charge in [-0.1, -0.05) is 15.9 Å². The first kappa shape index (κ1) is 25.4. The van der Waals surface area contributed by atoms with Crippen molar-refractivity contribution in [3.63, 3.8) is 0 Å². The third kappa shape index (κ3) is 7.64. The van der Waals surface area contributed by atoms with Crippen LogP contribution in [-0.2, 0) is 4.79 Å². The van der Waals surface area contributed by atoms with Crippen molar-refractivity contribution in [2.75, 3.05) is 13.2 Å². The molecule has 0 bridgehead atoms. The average Bonchev–Trinajstić information content (AvgIpc) is 2.85. The van der Waals surface area contributed by atoms with Crippen molar-refractivity contribution in [1.82, 2.24) is 5.43 Å². The number of amides is 1. The van der Waals surface area contributed by atoms with Crippen molar-refractivity contribution < 1.29 is 28.7 Å². The number of hydrogen-bond acceptors (Lipinski definition) is 8. The van der Waals surface area contributed by atoms with Crippen molar-refractivity contribution in [2.45, 2.75) is 6.92 Å². The highest BCUT2D eigenvalue weighted by molar-refractivity contribution is 9.10. The van der Waals surface area contributed by atoms with Gasteiger partial charge in [0.2, 0.25) is 0 Å². The number of nitro benzene ring substituents is 1. The zero-order chi connectivity index (χ0) is 25.2. The van der Waals surface area contributed by atoms with Crippen molar-refractivity contribution >= 4 is 39.7 Å². The largest absolute Gasteiger partial charge is 0.494 e. The number of non-ortho nitro benzene ring substituents is 1. The summed E-state index contributed by atoms with van der Waals surface area (Å²) in [6, 6.07) is 16.9. The Balaban J connectivity index is 1.58. The lowest BCUT2D eigenvalue weighted by molar-refractivity contribution is -0.384. The lowest BCUT2D eigenvalue weighted by Crippen LogP contribution is -2.24. The second-order valence-corrected chi connectivity index (χ2v) is 7.78. The number of nitro groups is 1. The molecular weight excluding hydrogens is 522 g/mol. The van der Waals surface area contributed by atoms with Crippen LogP contribution in [0.4, 0.5) is 5.69 Å². The number of carbonyl (C=O) groups is 2. The molecule has 0 aromatic heterocycles. The van der Waals surface area contributed by atoms with Gasteiger partial charge in [0.25, 0.3) is 11.6 Å². The highest BCUT2D eigenvalue weighted by Crippen LogP contribution is 2.23. The summed E-state index contributed by atoms with van der Waals surface area (Å²) in [5.74, 6) is 0.0688. The average molecular weight is 542 g/mol. The van der Waals surface area contributed by atoms with Crippen molar-refractivity contribution in [1.29, 1.82) is 0 Å². The molecule has 0 aliphatic rings. The van der Waals surface area contributed by atoms with Crippen LogP contribution in [0.5, 0.6) is 17.2 Å². The minimum Gasteiger partial charge on any atom is -0.494 e. The van der Waals surface area contributed by atoms with Crippen LogP contribution in [0.15, 0.2) is 76.3 Å². The maximum absolute atomic E-state index is 12.5. The van der Waals surface area contributed by atoms with Gasteiger partial charge in [-0.25, -0.2) is 10.2 Å². The van der Waals surface area contributed by atoms with E-state index in [9.17, 15) is 19.7 Å². The molecule has 1 amide bonds. The van der Waals surface area contributed by atoms with Crippen LogP contribution in [-0.4, -0.2) is 36.2 Å². The highest BCUT2D eigenvalue weighted by atomic mass is 79.9. The smallest absolute Gasteiger partial charge is 0.343 e. The Kier molecular flexibility index (Phi) is 8.90. The summed E-state index contributed by atoms with van der Waals surface area (Å²) in [6.07, 6.45) is 1.33. The standard InChI is InChI=1S/C24H20BrN3O7/c1-2-33-20-8-3-16(4-9-20)24(30)35-22-12-5-18(25)13-17(22)14-26-27-23(29)15-34-21-10-6-19(7-11-21)28(31)32/h3-14H,2,15H2,1H3,(H,27,29)/b26-14+. The summed E-state index contributed by atoms with van der Waals surface area (Å²) in [5.41, 5.74) is 3.01. The van der Waals surface area contributed by atoms with Gasteiger partial charge >= 0.3 is 5.97 Å². The van der Waals surface area contributed by atoms with Gasteiger partial charge in [0.15, 0.2) is 6.61 Å². The predicted octanol–water partition coefficient (Wildman–Crippen LogP) is 4.50. The summed E-state index contributed by atoms with van der Waals surface area (Å²) in [7, 11) is 0. The Bertz CT molecular complexity index is 1230. The van der Waals surface area contributed by atoms with E-state index in [4.69, 9.17) is 14.2 Å². The predicted molar refractivity (Wildman–Crippen MR) is 131 cm³/mol.